The normalized spacial score (nSPS) is 26.1. The van der Waals surface area contributed by atoms with Gasteiger partial charge in [-0.15, -0.1) is 0 Å². The van der Waals surface area contributed by atoms with Crippen LogP contribution in [0.2, 0.25) is 0 Å². The van der Waals surface area contributed by atoms with E-state index in [1.165, 1.54) is 4.90 Å². The number of nitrogens with one attached hydrogen (secondary N) is 2. The lowest BCUT2D eigenvalue weighted by atomic mass is 9.90. The van der Waals surface area contributed by atoms with Gasteiger partial charge in [0, 0.05) is 6.54 Å². The predicted octanol–water partition coefficient (Wildman–Crippen LogP) is 1.17. The van der Waals surface area contributed by atoms with Crippen molar-refractivity contribution in [2.24, 2.45) is 0 Å². The van der Waals surface area contributed by atoms with Crippen LogP contribution in [0.1, 0.15) is 24.0 Å². The monoisotopic (exact) mass is 273 g/mol. The molecule has 1 unspecified atom stereocenters. The van der Waals surface area contributed by atoms with Crippen LogP contribution in [0, 0.1) is 6.92 Å². The molecule has 3 rings (SSSR count). The third-order valence-corrected chi connectivity index (χ3v) is 4.05. The van der Waals surface area contributed by atoms with Crippen LogP contribution < -0.4 is 10.6 Å². The summed E-state index contributed by atoms with van der Waals surface area (Å²) in [6, 6.07) is 7.62. The van der Waals surface area contributed by atoms with E-state index in [2.05, 4.69) is 10.6 Å². The van der Waals surface area contributed by atoms with E-state index in [1.54, 1.807) is 0 Å². The van der Waals surface area contributed by atoms with E-state index in [0.29, 0.717) is 13.1 Å². The molecule has 2 aliphatic rings. The summed E-state index contributed by atoms with van der Waals surface area (Å²) >= 11 is 0. The van der Waals surface area contributed by atoms with Crippen molar-refractivity contribution in [3.63, 3.8) is 0 Å². The first kappa shape index (κ1) is 13.1. The van der Waals surface area contributed by atoms with Crippen LogP contribution in [-0.4, -0.2) is 35.5 Å². The zero-order valence-corrected chi connectivity index (χ0v) is 11.6. The second kappa shape index (κ2) is 4.90. The van der Waals surface area contributed by atoms with Crippen LogP contribution in [0.4, 0.5) is 4.79 Å². The molecule has 5 heteroatoms. The molecule has 2 fully saturated rings. The molecule has 5 nitrogen and oxygen atoms in total. The molecule has 2 saturated heterocycles. The number of hydrogen-bond acceptors (Lipinski definition) is 3. The third-order valence-electron chi connectivity index (χ3n) is 4.05. The smallest absolute Gasteiger partial charge is 0.322 e. The van der Waals surface area contributed by atoms with Gasteiger partial charge >= 0.3 is 6.03 Å². The summed E-state index contributed by atoms with van der Waals surface area (Å²) in [6.07, 6.45) is 1.62. The molecule has 1 aromatic carbocycles. The fourth-order valence-electron chi connectivity index (χ4n) is 3.01. The van der Waals surface area contributed by atoms with Crippen molar-refractivity contribution < 1.29 is 9.59 Å². The summed E-state index contributed by atoms with van der Waals surface area (Å²) < 4.78 is 0. The van der Waals surface area contributed by atoms with Gasteiger partial charge in [-0.3, -0.25) is 9.69 Å². The van der Waals surface area contributed by atoms with Gasteiger partial charge in [0.1, 0.15) is 5.54 Å². The minimum Gasteiger partial charge on any atom is -0.322 e. The Labute approximate surface area is 118 Å². The van der Waals surface area contributed by atoms with Crippen molar-refractivity contribution in [1.29, 1.82) is 0 Å². The Balaban J connectivity index is 1.80. The molecule has 2 heterocycles. The van der Waals surface area contributed by atoms with Gasteiger partial charge in [0.15, 0.2) is 0 Å². The van der Waals surface area contributed by atoms with Crippen LogP contribution in [0.15, 0.2) is 24.3 Å². The van der Waals surface area contributed by atoms with E-state index in [0.717, 1.165) is 30.5 Å². The summed E-state index contributed by atoms with van der Waals surface area (Å²) in [4.78, 5) is 26.0. The number of nitrogens with zero attached hydrogens (tertiary/aromatic N) is 1. The van der Waals surface area contributed by atoms with Crippen LogP contribution in [0.25, 0.3) is 0 Å². The van der Waals surface area contributed by atoms with Gasteiger partial charge in [0.2, 0.25) is 0 Å². The van der Waals surface area contributed by atoms with Gasteiger partial charge in [-0.1, -0.05) is 29.8 Å². The Bertz CT molecular complexity index is 550. The Hall–Kier alpha value is -1.88. The Morgan fingerprint density at radius 2 is 2.20 bits per heavy atom. The summed E-state index contributed by atoms with van der Waals surface area (Å²) in [7, 11) is 0. The highest BCUT2D eigenvalue weighted by Crippen LogP contribution is 2.26. The number of aryl methyl sites for hydroxylation is 1. The van der Waals surface area contributed by atoms with E-state index in [4.69, 9.17) is 0 Å². The van der Waals surface area contributed by atoms with Crippen LogP contribution in [-0.2, 0) is 11.3 Å². The summed E-state index contributed by atoms with van der Waals surface area (Å²) in [5, 5.41) is 6.08. The maximum Gasteiger partial charge on any atom is 0.325 e. The first-order chi connectivity index (χ1) is 9.61. The fraction of sp³-hybridized carbons (Fsp3) is 0.467. The molecule has 0 saturated carbocycles. The van der Waals surface area contributed by atoms with E-state index >= 15 is 0 Å². The number of imide groups is 1. The van der Waals surface area contributed by atoms with Crippen molar-refractivity contribution in [2.45, 2.75) is 31.8 Å². The largest absolute Gasteiger partial charge is 0.325 e. The Kier molecular flexibility index (Phi) is 3.22. The van der Waals surface area contributed by atoms with Crippen molar-refractivity contribution in [3.05, 3.63) is 35.4 Å². The molecular formula is C15H19N3O2. The quantitative estimate of drug-likeness (QED) is 0.795. The standard InChI is InChI=1S/C15H19N3O2/c1-11-4-2-5-12(8-11)9-18-13(19)15(17-14(18)20)6-3-7-16-10-15/h2,4-5,8,16H,3,6-7,9-10H2,1H3,(H,17,20). The molecule has 2 N–H and O–H groups in total. The number of amides is 3. The molecule has 1 aromatic rings. The van der Waals surface area contributed by atoms with E-state index in [1.807, 2.05) is 31.2 Å². The Morgan fingerprint density at radius 3 is 2.90 bits per heavy atom. The van der Waals surface area contributed by atoms with E-state index in [-0.39, 0.29) is 11.9 Å². The first-order valence-electron chi connectivity index (χ1n) is 7.01. The maximum atomic E-state index is 12.6. The number of rotatable bonds is 2. The van der Waals surface area contributed by atoms with Gasteiger partial charge in [0.05, 0.1) is 6.54 Å². The number of benzene rings is 1. The van der Waals surface area contributed by atoms with E-state index in [9.17, 15) is 9.59 Å². The van der Waals surface area contributed by atoms with Crippen molar-refractivity contribution in [2.75, 3.05) is 13.1 Å². The lowest BCUT2D eigenvalue weighted by Gasteiger charge is -2.31. The van der Waals surface area contributed by atoms with Crippen molar-refractivity contribution >= 4 is 11.9 Å². The second-order valence-electron chi connectivity index (χ2n) is 5.67. The molecule has 3 amide bonds. The van der Waals surface area contributed by atoms with Gasteiger partial charge < -0.3 is 10.6 Å². The highest BCUT2D eigenvalue weighted by atomic mass is 16.2. The lowest BCUT2D eigenvalue weighted by Crippen LogP contribution is -2.57. The summed E-state index contributed by atoms with van der Waals surface area (Å²) in [5.74, 6) is -0.101. The molecule has 1 spiro atoms. The minimum atomic E-state index is -0.723. The van der Waals surface area contributed by atoms with E-state index < -0.39 is 5.54 Å². The molecule has 0 aromatic heterocycles. The second-order valence-corrected chi connectivity index (χ2v) is 5.67. The molecule has 1 atom stereocenters. The summed E-state index contributed by atoms with van der Waals surface area (Å²) in [6.45, 7) is 3.78. The molecule has 20 heavy (non-hydrogen) atoms. The highest BCUT2D eigenvalue weighted by Gasteiger charge is 2.51. The molecular weight excluding hydrogens is 254 g/mol. The number of piperidine rings is 1. The fourth-order valence-corrected chi connectivity index (χ4v) is 3.01. The average molecular weight is 273 g/mol. The van der Waals surface area contributed by atoms with Gasteiger partial charge in [-0.25, -0.2) is 4.79 Å². The summed E-state index contributed by atoms with van der Waals surface area (Å²) in [5.41, 5.74) is 1.39. The van der Waals surface area contributed by atoms with Gasteiger partial charge in [-0.2, -0.15) is 0 Å². The van der Waals surface area contributed by atoms with Crippen LogP contribution >= 0.6 is 0 Å². The van der Waals surface area contributed by atoms with Crippen LogP contribution in [0.5, 0.6) is 0 Å². The molecule has 0 radical (unpaired) electrons. The first-order valence-corrected chi connectivity index (χ1v) is 7.01. The van der Waals surface area contributed by atoms with Gasteiger partial charge in [0.25, 0.3) is 5.91 Å². The SMILES string of the molecule is Cc1cccc(CN2C(=O)NC3(CCCNC3)C2=O)c1. The molecule has 2 aliphatic heterocycles. The molecule has 106 valence electrons. The topological polar surface area (TPSA) is 61.4 Å². The van der Waals surface area contributed by atoms with Crippen LogP contribution in [0.3, 0.4) is 0 Å². The predicted molar refractivity (Wildman–Crippen MR) is 75.1 cm³/mol. The zero-order chi connectivity index (χ0) is 14.2. The zero-order valence-electron chi connectivity index (χ0n) is 11.6. The highest BCUT2D eigenvalue weighted by molar-refractivity contribution is 6.07. The van der Waals surface area contributed by atoms with Crippen molar-refractivity contribution in [3.8, 4) is 0 Å². The van der Waals surface area contributed by atoms with Gasteiger partial charge in [-0.05, 0) is 31.9 Å². The van der Waals surface area contributed by atoms with Crippen molar-refractivity contribution in [1.82, 2.24) is 15.5 Å². The molecule has 0 bridgehead atoms. The average Bonchev–Trinajstić information content (AvgIpc) is 2.64. The Morgan fingerprint density at radius 1 is 1.35 bits per heavy atom. The minimum absolute atomic E-state index is 0.101. The molecule has 0 aliphatic carbocycles. The maximum absolute atomic E-state index is 12.6. The third kappa shape index (κ3) is 2.18. The number of urea groups is 1. The number of hydrogen-bond donors (Lipinski definition) is 2. The number of carbonyl (C=O) groups excluding carboxylic acids is 2. The lowest BCUT2D eigenvalue weighted by molar-refractivity contribution is -0.132. The number of carbonyl (C=O) groups is 2.